The summed E-state index contributed by atoms with van der Waals surface area (Å²) in [5.74, 6) is 0. The maximum Gasteiger partial charge on any atom is 0.416 e. The van der Waals surface area contributed by atoms with Crippen molar-refractivity contribution in [3.8, 4) is 0 Å². The Hall–Kier alpha value is -1.29. The first kappa shape index (κ1) is 10.2. The minimum Gasteiger partial charge on any atom is -0.369 e. The van der Waals surface area contributed by atoms with Crippen molar-refractivity contribution in [2.45, 2.75) is 12.3 Å². The van der Waals surface area contributed by atoms with E-state index in [1.807, 2.05) is 0 Å². The molecular formula is C11H9F3O. The van der Waals surface area contributed by atoms with Gasteiger partial charge in [-0.3, -0.25) is 0 Å². The summed E-state index contributed by atoms with van der Waals surface area (Å²) in [6, 6.07) is 5.49. The van der Waals surface area contributed by atoms with E-state index in [4.69, 9.17) is 4.74 Å². The van der Waals surface area contributed by atoms with E-state index in [9.17, 15) is 13.2 Å². The molecule has 0 aliphatic carbocycles. The molecule has 0 radical (unpaired) electrons. The minimum atomic E-state index is -4.30. The molecule has 15 heavy (non-hydrogen) atoms. The molecule has 80 valence electrons. The Kier molecular flexibility index (Phi) is 2.52. The number of hydrogen-bond acceptors (Lipinski definition) is 1. The van der Waals surface area contributed by atoms with Gasteiger partial charge in [0.05, 0.1) is 18.3 Å². The predicted octanol–water partition coefficient (Wildman–Crippen LogP) is 3.12. The van der Waals surface area contributed by atoms with Crippen LogP contribution in [0.15, 0.2) is 30.3 Å². The van der Waals surface area contributed by atoms with Gasteiger partial charge in [-0.1, -0.05) is 30.4 Å². The van der Waals surface area contributed by atoms with Crippen LogP contribution >= 0.6 is 0 Å². The van der Waals surface area contributed by atoms with E-state index < -0.39 is 11.7 Å². The highest BCUT2D eigenvalue weighted by Crippen LogP contribution is 2.32. The number of rotatable bonds is 2. The van der Waals surface area contributed by atoms with Crippen LogP contribution in [-0.2, 0) is 10.9 Å². The highest BCUT2D eigenvalue weighted by molar-refractivity contribution is 5.55. The second-order valence-corrected chi connectivity index (χ2v) is 3.32. The summed E-state index contributed by atoms with van der Waals surface area (Å²) in [6.45, 7) is 0.602. The first-order valence-corrected chi connectivity index (χ1v) is 4.53. The molecule has 0 N–H and O–H groups in total. The van der Waals surface area contributed by atoms with Crippen LogP contribution in [0.25, 0.3) is 6.08 Å². The van der Waals surface area contributed by atoms with Gasteiger partial charge in [0.25, 0.3) is 0 Å². The summed E-state index contributed by atoms with van der Waals surface area (Å²) in [6.07, 6.45) is -1.21. The van der Waals surface area contributed by atoms with Crippen LogP contribution in [0.5, 0.6) is 0 Å². The third-order valence-corrected chi connectivity index (χ3v) is 2.12. The van der Waals surface area contributed by atoms with Crippen LogP contribution in [0.3, 0.4) is 0 Å². The number of ether oxygens (including phenoxy) is 1. The highest BCUT2D eigenvalue weighted by atomic mass is 19.4. The van der Waals surface area contributed by atoms with Crippen LogP contribution < -0.4 is 0 Å². The zero-order valence-corrected chi connectivity index (χ0v) is 7.79. The van der Waals surface area contributed by atoms with Gasteiger partial charge < -0.3 is 4.74 Å². The van der Waals surface area contributed by atoms with Crippen LogP contribution in [0.1, 0.15) is 11.1 Å². The van der Waals surface area contributed by atoms with Gasteiger partial charge in [-0.15, -0.1) is 0 Å². The molecule has 2 rings (SSSR count). The minimum absolute atomic E-state index is 0.00807. The molecule has 1 aliphatic rings. The molecule has 4 heteroatoms. The first-order chi connectivity index (χ1) is 7.07. The van der Waals surface area contributed by atoms with Gasteiger partial charge >= 0.3 is 6.18 Å². The molecule has 0 spiro atoms. The number of benzene rings is 1. The molecule has 1 atom stereocenters. The van der Waals surface area contributed by atoms with Crippen LogP contribution in [0, 0.1) is 0 Å². The maximum atomic E-state index is 12.5. The summed E-state index contributed by atoms with van der Waals surface area (Å²) < 4.78 is 42.5. The van der Waals surface area contributed by atoms with E-state index in [1.54, 1.807) is 12.1 Å². The SMILES string of the molecule is FC(F)(F)c1ccccc1/C=C/C1CO1. The normalized spacial score (nSPS) is 20.9. The summed E-state index contributed by atoms with van der Waals surface area (Å²) >= 11 is 0. The van der Waals surface area contributed by atoms with Gasteiger partial charge in [0, 0.05) is 0 Å². The van der Waals surface area contributed by atoms with Crippen molar-refractivity contribution in [2.24, 2.45) is 0 Å². The molecule has 1 nitrogen and oxygen atoms in total. The van der Waals surface area contributed by atoms with E-state index in [2.05, 4.69) is 0 Å². The van der Waals surface area contributed by atoms with E-state index in [0.29, 0.717) is 6.61 Å². The molecule has 1 aromatic carbocycles. The van der Waals surface area contributed by atoms with Crippen molar-refractivity contribution in [1.29, 1.82) is 0 Å². The van der Waals surface area contributed by atoms with Crippen molar-refractivity contribution < 1.29 is 17.9 Å². The molecule has 1 saturated heterocycles. The molecule has 1 heterocycles. The van der Waals surface area contributed by atoms with Crippen LogP contribution in [-0.4, -0.2) is 12.7 Å². The van der Waals surface area contributed by atoms with Crippen molar-refractivity contribution in [2.75, 3.05) is 6.61 Å². The second kappa shape index (κ2) is 3.70. The Labute approximate surface area is 85.2 Å². The van der Waals surface area contributed by atoms with Gasteiger partial charge in [-0.2, -0.15) is 13.2 Å². The average Bonchev–Trinajstić information content (AvgIpc) is 2.97. The lowest BCUT2D eigenvalue weighted by atomic mass is 10.1. The van der Waals surface area contributed by atoms with E-state index in [-0.39, 0.29) is 11.7 Å². The molecule has 0 saturated carbocycles. The smallest absolute Gasteiger partial charge is 0.369 e. The van der Waals surface area contributed by atoms with Crippen LogP contribution in [0.2, 0.25) is 0 Å². The molecule has 0 amide bonds. The largest absolute Gasteiger partial charge is 0.416 e. The van der Waals surface area contributed by atoms with E-state index in [0.717, 1.165) is 6.07 Å². The van der Waals surface area contributed by atoms with Crippen molar-refractivity contribution in [1.82, 2.24) is 0 Å². The Bertz CT molecular complexity index is 378. The fourth-order valence-corrected chi connectivity index (χ4v) is 1.28. The molecule has 1 aliphatic heterocycles. The van der Waals surface area contributed by atoms with Gasteiger partial charge in [0.2, 0.25) is 0 Å². The third-order valence-electron chi connectivity index (χ3n) is 2.12. The lowest BCUT2D eigenvalue weighted by molar-refractivity contribution is -0.137. The summed E-state index contributed by atoms with van der Waals surface area (Å²) in [7, 11) is 0. The molecule has 1 aromatic rings. The summed E-state index contributed by atoms with van der Waals surface area (Å²) in [5.41, 5.74) is -0.428. The van der Waals surface area contributed by atoms with E-state index >= 15 is 0 Å². The third kappa shape index (κ3) is 2.59. The number of hydrogen-bond donors (Lipinski definition) is 0. The Morgan fingerprint density at radius 3 is 2.53 bits per heavy atom. The molecule has 1 unspecified atom stereocenters. The maximum absolute atomic E-state index is 12.5. The number of alkyl halides is 3. The Morgan fingerprint density at radius 1 is 1.27 bits per heavy atom. The lowest BCUT2D eigenvalue weighted by Gasteiger charge is -2.09. The fourth-order valence-electron chi connectivity index (χ4n) is 1.28. The van der Waals surface area contributed by atoms with Crippen molar-refractivity contribution in [3.63, 3.8) is 0 Å². The first-order valence-electron chi connectivity index (χ1n) is 4.53. The van der Waals surface area contributed by atoms with Crippen molar-refractivity contribution in [3.05, 3.63) is 41.5 Å². The quantitative estimate of drug-likeness (QED) is 0.689. The van der Waals surface area contributed by atoms with Gasteiger partial charge in [0.1, 0.15) is 0 Å². The standard InChI is InChI=1S/C11H9F3O/c12-11(13,14)10-4-2-1-3-8(10)5-6-9-7-15-9/h1-6,9H,7H2/b6-5+. The molecule has 0 aromatic heterocycles. The van der Waals surface area contributed by atoms with Gasteiger partial charge in [0.15, 0.2) is 0 Å². The highest BCUT2D eigenvalue weighted by Gasteiger charge is 2.32. The molecule has 0 bridgehead atoms. The fraction of sp³-hybridized carbons (Fsp3) is 0.273. The second-order valence-electron chi connectivity index (χ2n) is 3.32. The average molecular weight is 214 g/mol. The Morgan fingerprint density at radius 2 is 1.93 bits per heavy atom. The number of epoxide rings is 1. The van der Waals surface area contributed by atoms with Gasteiger partial charge in [-0.05, 0) is 11.6 Å². The monoisotopic (exact) mass is 214 g/mol. The summed E-state index contributed by atoms with van der Waals surface area (Å²) in [4.78, 5) is 0. The zero-order chi connectivity index (χ0) is 10.9. The zero-order valence-electron chi connectivity index (χ0n) is 7.79. The topological polar surface area (TPSA) is 12.5 Å². The Balaban J connectivity index is 2.28. The molecular weight excluding hydrogens is 205 g/mol. The summed E-state index contributed by atoms with van der Waals surface area (Å²) in [5, 5.41) is 0. The van der Waals surface area contributed by atoms with Crippen LogP contribution in [0.4, 0.5) is 13.2 Å². The number of halogens is 3. The van der Waals surface area contributed by atoms with Gasteiger partial charge in [-0.25, -0.2) is 0 Å². The predicted molar refractivity (Wildman–Crippen MR) is 50.2 cm³/mol. The van der Waals surface area contributed by atoms with Crippen molar-refractivity contribution >= 4 is 6.08 Å². The molecule has 1 fully saturated rings. The lowest BCUT2D eigenvalue weighted by Crippen LogP contribution is -2.06. The van der Waals surface area contributed by atoms with E-state index in [1.165, 1.54) is 18.2 Å².